The van der Waals surface area contributed by atoms with Gasteiger partial charge in [-0.05, 0) is 54.3 Å². The number of piperidine rings is 1. The fourth-order valence-corrected chi connectivity index (χ4v) is 3.28. The summed E-state index contributed by atoms with van der Waals surface area (Å²) >= 11 is 6.11. The fraction of sp³-hybridized carbons (Fsp3) is 0.350. The van der Waals surface area contributed by atoms with E-state index in [9.17, 15) is 9.18 Å². The molecule has 1 atom stereocenters. The van der Waals surface area contributed by atoms with Crippen LogP contribution >= 0.6 is 24.0 Å². The van der Waals surface area contributed by atoms with Crippen molar-refractivity contribution in [3.63, 3.8) is 0 Å². The Kier molecular flexibility index (Phi) is 6.73. The standard InChI is InChI=1S/C20H22ClFN2O2.ClH/c1-20(2)12-24(10-9-18(20)23)19(25)16-11-13(21)3-8-17(16)26-15-6-4-14(22)5-7-15;/h3-8,11,18H,9-10,12,23H2,1-2H3;1H. The van der Waals surface area contributed by atoms with E-state index >= 15 is 0 Å². The van der Waals surface area contributed by atoms with Crippen molar-refractivity contribution in [3.8, 4) is 11.5 Å². The second-order valence-corrected chi connectivity index (χ2v) is 7.74. The van der Waals surface area contributed by atoms with Gasteiger partial charge in [-0.25, -0.2) is 4.39 Å². The molecule has 1 unspecified atom stereocenters. The molecule has 0 saturated carbocycles. The first-order valence-electron chi connectivity index (χ1n) is 8.54. The van der Waals surface area contributed by atoms with Crippen LogP contribution in [0.25, 0.3) is 0 Å². The summed E-state index contributed by atoms with van der Waals surface area (Å²) in [5.41, 5.74) is 6.39. The van der Waals surface area contributed by atoms with Gasteiger partial charge in [-0.2, -0.15) is 0 Å². The number of nitrogens with two attached hydrogens (primary N) is 1. The topological polar surface area (TPSA) is 55.6 Å². The van der Waals surface area contributed by atoms with Gasteiger partial charge >= 0.3 is 0 Å². The Bertz CT molecular complexity index is 812. The van der Waals surface area contributed by atoms with E-state index in [0.717, 1.165) is 6.42 Å². The van der Waals surface area contributed by atoms with E-state index in [0.29, 0.717) is 35.2 Å². The number of ether oxygens (including phenoxy) is 1. The van der Waals surface area contributed by atoms with Crippen LogP contribution in [-0.2, 0) is 0 Å². The Morgan fingerprint density at radius 1 is 1.26 bits per heavy atom. The largest absolute Gasteiger partial charge is 0.457 e. The zero-order valence-electron chi connectivity index (χ0n) is 15.2. The van der Waals surface area contributed by atoms with E-state index in [2.05, 4.69) is 13.8 Å². The minimum Gasteiger partial charge on any atom is -0.457 e. The van der Waals surface area contributed by atoms with Gasteiger partial charge in [0, 0.05) is 24.2 Å². The van der Waals surface area contributed by atoms with Crippen molar-refractivity contribution < 1.29 is 13.9 Å². The third-order valence-electron chi connectivity index (χ3n) is 4.81. The Labute approximate surface area is 169 Å². The summed E-state index contributed by atoms with van der Waals surface area (Å²) in [6.45, 7) is 5.28. The van der Waals surface area contributed by atoms with E-state index < -0.39 is 0 Å². The highest BCUT2D eigenvalue weighted by molar-refractivity contribution is 6.31. The van der Waals surface area contributed by atoms with E-state index in [-0.39, 0.29) is 35.6 Å². The predicted molar refractivity (Wildman–Crippen MR) is 107 cm³/mol. The molecule has 1 aliphatic rings. The van der Waals surface area contributed by atoms with Crippen LogP contribution in [0.2, 0.25) is 5.02 Å². The molecular formula is C20H23Cl2FN2O2. The van der Waals surface area contributed by atoms with Crippen LogP contribution in [-0.4, -0.2) is 29.9 Å². The minimum atomic E-state index is -0.350. The number of carbonyl (C=O) groups is 1. The van der Waals surface area contributed by atoms with Crippen molar-refractivity contribution in [2.45, 2.75) is 26.3 Å². The minimum absolute atomic E-state index is 0. The molecule has 2 N–H and O–H groups in total. The molecule has 0 bridgehead atoms. The predicted octanol–water partition coefficient (Wildman–Crippen LogP) is 4.89. The van der Waals surface area contributed by atoms with Crippen molar-refractivity contribution in [1.82, 2.24) is 4.90 Å². The second kappa shape index (κ2) is 8.46. The van der Waals surface area contributed by atoms with E-state index in [1.54, 1.807) is 23.1 Å². The Morgan fingerprint density at radius 2 is 1.93 bits per heavy atom. The molecule has 3 rings (SSSR count). The molecule has 1 heterocycles. The molecule has 146 valence electrons. The first-order valence-corrected chi connectivity index (χ1v) is 8.92. The molecule has 1 saturated heterocycles. The average Bonchev–Trinajstić information content (AvgIpc) is 2.60. The van der Waals surface area contributed by atoms with Gasteiger partial charge in [0.1, 0.15) is 17.3 Å². The van der Waals surface area contributed by atoms with Gasteiger partial charge in [0.15, 0.2) is 0 Å². The lowest BCUT2D eigenvalue weighted by molar-refractivity contribution is 0.0530. The lowest BCUT2D eigenvalue weighted by Gasteiger charge is -2.42. The molecule has 2 aromatic carbocycles. The molecule has 2 aromatic rings. The zero-order chi connectivity index (χ0) is 18.9. The monoisotopic (exact) mass is 412 g/mol. The Morgan fingerprint density at radius 3 is 2.56 bits per heavy atom. The molecule has 1 aliphatic heterocycles. The second-order valence-electron chi connectivity index (χ2n) is 7.31. The molecule has 0 spiro atoms. The smallest absolute Gasteiger partial charge is 0.257 e. The fourth-order valence-electron chi connectivity index (χ4n) is 3.11. The lowest BCUT2D eigenvalue weighted by Crippen LogP contribution is -2.54. The van der Waals surface area contributed by atoms with Gasteiger partial charge in [-0.1, -0.05) is 25.4 Å². The number of halogens is 3. The Balaban J connectivity index is 0.00000261. The average molecular weight is 413 g/mol. The summed E-state index contributed by atoms with van der Waals surface area (Å²) in [4.78, 5) is 14.9. The van der Waals surface area contributed by atoms with Crippen molar-refractivity contribution in [2.75, 3.05) is 13.1 Å². The number of benzene rings is 2. The molecule has 1 fully saturated rings. The van der Waals surface area contributed by atoms with E-state index in [1.165, 1.54) is 24.3 Å². The van der Waals surface area contributed by atoms with Crippen molar-refractivity contribution in [3.05, 3.63) is 58.9 Å². The van der Waals surface area contributed by atoms with Crippen LogP contribution in [0.3, 0.4) is 0 Å². The molecule has 1 amide bonds. The summed E-state index contributed by atoms with van der Waals surface area (Å²) in [5.74, 6) is 0.337. The number of likely N-dealkylation sites (tertiary alicyclic amines) is 1. The van der Waals surface area contributed by atoms with Crippen LogP contribution in [0.4, 0.5) is 4.39 Å². The van der Waals surface area contributed by atoms with Crippen LogP contribution < -0.4 is 10.5 Å². The van der Waals surface area contributed by atoms with E-state index in [4.69, 9.17) is 22.1 Å². The van der Waals surface area contributed by atoms with Crippen LogP contribution in [0.5, 0.6) is 11.5 Å². The Hall–Kier alpha value is -1.82. The first kappa shape index (κ1) is 21.5. The van der Waals surface area contributed by atoms with Crippen molar-refractivity contribution in [1.29, 1.82) is 0 Å². The van der Waals surface area contributed by atoms with E-state index in [1.807, 2.05) is 0 Å². The van der Waals surface area contributed by atoms with Gasteiger partial charge in [-0.15, -0.1) is 12.4 Å². The maximum absolute atomic E-state index is 13.1. The van der Waals surface area contributed by atoms with Crippen LogP contribution in [0.1, 0.15) is 30.6 Å². The van der Waals surface area contributed by atoms with Gasteiger partial charge in [0.05, 0.1) is 5.56 Å². The SMILES string of the molecule is CC1(C)CN(C(=O)c2cc(Cl)ccc2Oc2ccc(F)cc2)CCC1N.Cl. The third kappa shape index (κ3) is 4.92. The first-order chi connectivity index (χ1) is 12.3. The maximum Gasteiger partial charge on any atom is 0.257 e. The highest BCUT2D eigenvalue weighted by atomic mass is 35.5. The molecule has 27 heavy (non-hydrogen) atoms. The van der Waals surface area contributed by atoms with Gasteiger partial charge < -0.3 is 15.4 Å². The van der Waals surface area contributed by atoms with Crippen LogP contribution in [0, 0.1) is 11.2 Å². The molecule has 0 aliphatic carbocycles. The summed E-state index contributed by atoms with van der Waals surface area (Å²) in [6, 6.07) is 10.6. The molecule has 7 heteroatoms. The van der Waals surface area contributed by atoms with Gasteiger partial charge in [0.25, 0.3) is 5.91 Å². The molecule has 0 radical (unpaired) electrons. The summed E-state index contributed by atoms with van der Waals surface area (Å²) < 4.78 is 18.9. The summed E-state index contributed by atoms with van der Waals surface area (Å²) in [5, 5.41) is 0.452. The number of hydrogen-bond acceptors (Lipinski definition) is 3. The quantitative estimate of drug-likeness (QED) is 0.780. The highest BCUT2D eigenvalue weighted by Crippen LogP contribution is 2.32. The lowest BCUT2D eigenvalue weighted by atomic mass is 9.79. The van der Waals surface area contributed by atoms with Gasteiger partial charge in [-0.3, -0.25) is 4.79 Å². The molecular weight excluding hydrogens is 390 g/mol. The van der Waals surface area contributed by atoms with Crippen molar-refractivity contribution in [2.24, 2.45) is 11.1 Å². The zero-order valence-corrected chi connectivity index (χ0v) is 16.8. The summed E-state index contributed by atoms with van der Waals surface area (Å²) in [6.07, 6.45) is 0.744. The number of carbonyl (C=O) groups excluding carboxylic acids is 1. The number of nitrogens with zero attached hydrogens (tertiary/aromatic N) is 1. The highest BCUT2D eigenvalue weighted by Gasteiger charge is 2.36. The molecule has 0 aromatic heterocycles. The van der Waals surface area contributed by atoms with Crippen molar-refractivity contribution >= 4 is 29.9 Å². The third-order valence-corrected chi connectivity index (χ3v) is 5.05. The number of hydrogen-bond donors (Lipinski definition) is 1. The normalized spacial score (nSPS) is 18.6. The van der Waals surface area contributed by atoms with Gasteiger partial charge in [0.2, 0.25) is 0 Å². The molecule has 4 nitrogen and oxygen atoms in total. The number of rotatable bonds is 3. The van der Waals surface area contributed by atoms with Crippen LogP contribution in [0.15, 0.2) is 42.5 Å². The maximum atomic E-state index is 13.1. The summed E-state index contributed by atoms with van der Waals surface area (Å²) in [7, 11) is 0. The number of amides is 1.